The maximum Gasteiger partial charge on any atom is 0.417 e. The summed E-state index contributed by atoms with van der Waals surface area (Å²) in [6, 6.07) is 11.1. The number of halogens is 5. The molecule has 4 nitrogen and oxygen atoms in total. The minimum atomic E-state index is -4.47. The van der Waals surface area contributed by atoms with Gasteiger partial charge in [0.25, 0.3) is 5.91 Å². The molecule has 2 aromatic carbocycles. The lowest BCUT2D eigenvalue weighted by molar-refractivity contribution is -0.137. The quantitative estimate of drug-likeness (QED) is 0.379. The standard InChI is InChI=1S/C23H20Cl2F3N3O/c24-20(25)22(32)30-15-10-8-14(9-11-15)21-29-12-18(31-21)19-16(13-4-1-2-5-13)6-3-7-17(19)23(26,27)28/h3,6-13,20H,1-2,4-5H2,(H,29,31)(H,30,32). The predicted octanol–water partition coefficient (Wildman–Crippen LogP) is 7.16. The van der Waals surface area contributed by atoms with Gasteiger partial charge in [0, 0.05) is 16.8 Å². The molecule has 1 heterocycles. The Balaban J connectivity index is 1.68. The second-order valence-corrected chi connectivity index (χ2v) is 8.86. The van der Waals surface area contributed by atoms with Crippen molar-refractivity contribution in [2.24, 2.45) is 0 Å². The van der Waals surface area contributed by atoms with Crippen molar-refractivity contribution >= 4 is 34.8 Å². The molecule has 0 spiro atoms. The molecule has 168 valence electrons. The molecule has 1 amide bonds. The molecule has 0 aliphatic heterocycles. The molecule has 1 saturated carbocycles. The number of alkyl halides is 5. The van der Waals surface area contributed by atoms with Crippen molar-refractivity contribution in [2.75, 3.05) is 5.32 Å². The first-order chi connectivity index (χ1) is 15.2. The first kappa shape index (κ1) is 22.7. The van der Waals surface area contributed by atoms with E-state index in [1.165, 1.54) is 12.3 Å². The minimum Gasteiger partial charge on any atom is -0.338 e. The van der Waals surface area contributed by atoms with Crippen LogP contribution in [0.3, 0.4) is 0 Å². The van der Waals surface area contributed by atoms with Crippen LogP contribution in [-0.2, 0) is 11.0 Å². The fourth-order valence-corrected chi connectivity index (χ4v) is 4.30. The van der Waals surface area contributed by atoms with E-state index >= 15 is 0 Å². The smallest absolute Gasteiger partial charge is 0.338 e. The van der Waals surface area contributed by atoms with Gasteiger partial charge in [-0.2, -0.15) is 13.2 Å². The molecule has 0 unspecified atom stereocenters. The molecule has 32 heavy (non-hydrogen) atoms. The summed E-state index contributed by atoms with van der Waals surface area (Å²) in [7, 11) is 0. The summed E-state index contributed by atoms with van der Waals surface area (Å²) < 4.78 is 41.5. The van der Waals surface area contributed by atoms with Gasteiger partial charge in [0.05, 0.1) is 17.5 Å². The lowest BCUT2D eigenvalue weighted by Gasteiger charge is -2.19. The lowest BCUT2D eigenvalue weighted by atomic mass is 9.88. The number of anilines is 1. The molecule has 1 fully saturated rings. The van der Waals surface area contributed by atoms with E-state index in [1.807, 2.05) is 0 Å². The number of amides is 1. The van der Waals surface area contributed by atoms with Crippen LogP contribution in [0.5, 0.6) is 0 Å². The first-order valence-corrected chi connectivity index (χ1v) is 11.1. The van der Waals surface area contributed by atoms with Gasteiger partial charge in [-0.3, -0.25) is 4.79 Å². The first-order valence-electron chi connectivity index (χ1n) is 10.2. The molecule has 1 aliphatic carbocycles. The van der Waals surface area contributed by atoms with E-state index in [0.29, 0.717) is 28.3 Å². The van der Waals surface area contributed by atoms with Crippen molar-refractivity contribution in [3.8, 4) is 22.6 Å². The van der Waals surface area contributed by atoms with Crippen LogP contribution >= 0.6 is 23.2 Å². The Morgan fingerprint density at radius 3 is 2.41 bits per heavy atom. The van der Waals surface area contributed by atoms with Gasteiger partial charge in [-0.25, -0.2) is 4.98 Å². The highest BCUT2D eigenvalue weighted by Gasteiger charge is 2.36. The van der Waals surface area contributed by atoms with Crippen molar-refractivity contribution in [1.29, 1.82) is 0 Å². The van der Waals surface area contributed by atoms with E-state index in [1.54, 1.807) is 30.3 Å². The number of carbonyl (C=O) groups excluding carboxylic acids is 1. The van der Waals surface area contributed by atoms with Gasteiger partial charge >= 0.3 is 6.18 Å². The van der Waals surface area contributed by atoms with Gasteiger partial charge in [-0.1, -0.05) is 48.2 Å². The number of aromatic amines is 1. The summed E-state index contributed by atoms with van der Waals surface area (Å²) in [5.74, 6) is -0.0148. The van der Waals surface area contributed by atoms with Crippen molar-refractivity contribution in [3.63, 3.8) is 0 Å². The highest BCUT2D eigenvalue weighted by atomic mass is 35.5. The topological polar surface area (TPSA) is 57.8 Å². The van der Waals surface area contributed by atoms with E-state index in [-0.39, 0.29) is 11.5 Å². The largest absolute Gasteiger partial charge is 0.417 e. The monoisotopic (exact) mass is 481 g/mol. The molecular weight excluding hydrogens is 462 g/mol. The van der Waals surface area contributed by atoms with Crippen LogP contribution in [0.4, 0.5) is 18.9 Å². The van der Waals surface area contributed by atoms with Crippen molar-refractivity contribution < 1.29 is 18.0 Å². The number of imidazole rings is 1. The van der Waals surface area contributed by atoms with Gasteiger partial charge in [-0.15, -0.1) is 0 Å². The second-order valence-electron chi connectivity index (χ2n) is 7.76. The number of hydrogen-bond acceptors (Lipinski definition) is 2. The fraction of sp³-hybridized carbons (Fsp3) is 0.304. The summed E-state index contributed by atoms with van der Waals surface area (Å²) in [5.41, 5.74) is 1.70. The summed E-state index contributed by atoms with van der Waals surface area (Å²) in [6.07, 6.45) is 0.774. The van der Waals surface area contributed by atoms with Crippen LogP contribution in [0.2, 0.25) is 0 Å². The summed E-state index contributed by atoms with van der Waals surface area (Å²) in [6.45, 7) is 0. The Kier molecular flexibility index (Phi) is 6.49. The molecule has 0 bridgehead atoms. The Labute approximate surface area is 193 Å². The zero-order valence-corrected chi connectivity index (χ0v) is 18.4. The number of aromatic nitrogens is 2. The number of carbonyl (C=O) groups is 1. The minimum absolute atomic E-state index is 0.106. The van der Waals surface area contributed by atoms with Gasteiger partial charge < -0.3 is 10.3 Å². The fourth-order valence-electron chi connectivity index (χ4n) is 4.19. The van der Waals surface area contributed by atoms with E-state index < -0.39 is 22.5 Å². The summed E-state index contributed by atoms with van der Waals surface area (Å²) >= 11 is 11.1. The van der Waals surface area contributed by atoms with Crippen LogP contribution in [0, 0.1) is 0 Å². The SMILES string of the molecule is O=C(Nc1ccc(-c2ncc(-c3c(C4CCCC4)cccc3C(F)(F)F)[nH]2)cc1)C(Cl)Cl. The molecule has 9 heteroatoms. The van der Waals surface area contributed by atoms with Crippen LogP contribution in [-0.4, -0.2) is 20.7 Å². The van der Waals surface area contributed by atoms with Crippen LogP contribution in [0.25, 0.3) is 22.6 Å². The average Bonchev–Trinajstić information content (AvgIpc) is 3.45. The van der Waals surface area contributed by atoms with Crippen LogP contribution in [0.15, 0.2) is 48.7 Å². The molecule has 1 aromatic heterocycles. The number of nitrogens with one attached hydrogen (secondary N) is 2. The predicted molar refractivity (Wildman–Crippen MR) is 120 cm³/mol. The normalized spacial score (nSPS) is 14.8. The van der Waals surface area contributed by atoms with Gasteiger partial charge in [0.15, 0.2) is 4.84 Å². The zero-order chi connectivity index (χ0) is 22.9. The zero-order valence-electron chi connectivity index (χ0n) is 16.8. The third kappa shape index (κ3) is 4.79. The molecule has 2 N–H and O–H groups in total. The molecule has 3 aromatic rings. The van der Waals surface area contributed by atoms with Crippen molar-refractivity contribution in [2.45, 2.75) is 42.6 Å². The third-order valence-corrected chi connectivity index (χ3v) is 6.06. The maximum absolute atomic E-state index is 13.8. The highest BCUT2D eigenvalue weighted by Crippen LogP contribution is 2.44. The van der Waals surface area contributed by atoms with E-state index in [0.717, 1.165) is 31.7 Å². The van der Waals surface area contributed by atoms with Crippen LogP contribution < -0.4 is 5.32 Å². The average molecular weight is 482 g/mol. The molecule has 0 atom stereocenters. The maximum atomic E-state index is 13.8. The van der Waals surface area contributed by atoms with Crippen molar-refractivity contribution in [3.05, 3.63) is 59.8 Å². The number of hydrogen-bond donors (Lipinski definition) is 2. The molecule has 1 aliphatic rings. The molecule has 4 rings (SSSR count). The highest BCUT2D eigenvalue weighted by molar-refractivity contribution is 6.54. The second kappa shape index (κ2) is 9.16. The van der Waals surface area contributed by atoms with E-state index in [2.05, 4.69) is 15.3 Å². The number of rotatable bonds is 5. The Hall–Kier alpha value is -2.51. The summed E-state index contributed by atoms with van der Waals surface area (Å²) in [4.78, 5) is 17.8. The van der Waals surface area contributed by atoms with Crippen LogP contribution in [0.1, 0.15) is 42.7 Å². The Morgan fingerprint density at radius 2 is 1.78 bits per heavy atom. The molecule has 0 radical (unpaired) electrons. The number of benzene rings is 2. The lowest BCUT2D eigenvalue weighted by Crippen LogP contribution is -2.18. The Bertz CT molecular complexity index is 1100. The van der Waals surface area contributed by atoms with Crippen molar-refractivity contribution in [1.82, 2.24) is 9.97 Å². The van der Waals surface area contributed by atoms with E-state index in [9.17, 15) is 18.0 Å². The van der Waals surface area contributed by atoms with Gasteiger partial charge in [-0.05, 0) is 54.7 Å². The molecular formula is C23H20Cl2F3N3O. The third-order valence-electron chi connectivity index (χ3n) is 5.67. The Morgan fingerprint density at radius 1 is 1.09 bits per heavy atom. The van der Waals surface area contributed by atoms with E-state index in [4.69, 9.17) is 23.2 Å². The number of nitrogens with zero attached hydrogens (tertiary/aromatic N) is 1. The summed E-state index contributed by atoms with van der Waals surface area (Å²) in [5, 5.41) is 2.56. The van der Waals surface area contributed by atoms with Gasteiger partial charge in [0.2, 0.25) is 0 Å². The van der Waals surface area contributed by atoms with Gasteiger partial charge in [0.1, 0.15) is 5.82 Å². The molecule has 0 saturated heterocycles. The number of H-pyrrole nitrogens is 1.